The molecule has 0 aliphatic carbocycles. The Kier molecular flexibility index (Phi) is 8.95. The maximum atomic E-state index is 12.8. The van der Waals surface area contributed by atoms with Gasteiger partial charge in [-0.25, -0.2) is 0 Å². The number of carbonyl (C=O) groups excluding carboxylic acids is 1. The number of hydrogen-bond donors (Lipinski definition) is 2. The van der Waals surface area contributed by atoms with Crippen LogP contribution in [0.1, 0.15) is 34.5 Å². The molecule has 1 fully saturated rings. The number of nitrogens with one attached hydrogen (secondary N) is 2. The van der Waals surface area contributed by atoms with E-state index in [1.54, 1.807) is 7.11 Å². The van der Waals surface area contributed by atoms with Crippen LogP contribution in [0, 0.1) is 19.3 Å². The van der Waals surface area contributed by atoms with Crippen LogP contribution in [-0.4, -0.2) is 44.2 Å². The number of halogens is 2. The number of carbonyl (C=O) groups is 1. The number of fused-ring (bicyclic) bond motifs is 1. The summed E-state index contributed by atoms with van der Waals surface area (Å²) in [6.07, 6.45) is 2.02. The molecule has 0 unspecified atom stereocenters. The van der Waals surface area contributed by atoms with Crippen molar-refractivity contribution in [2.75, 3.05) is 33.4 Å². The summed E-state index contributed by atoms with van der Waals surface area (Å²) < 4.78 is 5.43. The number of methoxy groups -OCH3 is 1. The summed E-state index contributed by atoms with van der Waals surface area (Å²) in [4.78, 5) is 17.4. The van der Waals surface area contributed by atoms with Crippen LogP contribution in [-0.2, 0) is 4.74 Å². The number of pyridine rings is 1. The van der Waals surface area contributed by atoms with Crippen molar-refractivity contribution in [3.63, 3.8) is 0 Å². The molecular weight excluding hydrogens is 385 g/mol. The van der Waals surface area contributed by atoms with E-state index in [-0.39, 0.29) is 36.1 Å². The van der Waals surface area contributed by atoms with Crippen LogP contribution in [0.25, 0.3) is 10.9 Å². The molecule has 0 atom stereocenters. The lowest BCUT2D eigenvalue weighted by Crippen LogP contribution is -2.47. The number of amides is 1. The van der Waals surface area contributed by atoms with Gasteiger partial charge in [-0.15, -0.1) is 24.8 Å². The van der Waals surface area contributed by atoms with Crippen molar-refractivity contribution in [2.24, 2.45) is 5.41 Å². The van der Waals surface area contributed by atoms with E-state index >= 15 is 0 Å². The second kappa shape index (κ2) is 10.2. The number of rotatable bonds is 5. The average molecular weight is 414 g/mol. The lowest BCUT2D eigenvalue weighted by molar-refractivity contribution is 0.0511. The highest BCUT2D eigenvalue weighted by atomic mass is 35.5. The highest BCUT2D eigenvalue weighted by Crippen LogP contribution is 2.28. The fourth-order valence-electron chi connectivity index (χ4n) is 3.62. The summed E-state index contributed by atoms with van der Waals surface area (Å²) in [5, 5.41) is 7.51. The molecule has 27 heavy (non-hydrogen) atoms. The number of ether oxygens (including phenoxy) is 1. The third-order valence-corrected chi connectivity index (χ3v) is 5.14. The Labute approximate surface area is 173 Å². The first kappa shape index (κ1) is 23.6. The first-order valence-electron chi connectivity index (χ1n) is 8.89. The molecule has 1 amide bonds. The van der Waals surface area contributed by atoms with E-state index in [0.717, 1.165) is 42.5 Å². The van der Waals surface area contributed by atoms with Gasteiger partial charge in [0.05, 0.1) is 23.4 Å². The molecule has 2 aromatic rings. The number of nitrogens with zero attached hydrogens (tertiary/aromatic N) is 1. The van der Waals surface area contributed by atoms with E-state index in [0.29, 0.717) is 18.7 Å². The van der Waals surface area contributed by atoms with Crippen LogP contribution >= 0.6 is 24.8 Å². The van der Waals surface area contributed by atoms with Gasteiger partial charge in [0.1, 0.15) is 0 Å². The van der Waals surface area contributed by atoms with Gasteiger partial charge < -0.3 is 15.4 Å². The number of hydrogen-bond acceptors (Lipinski definition) is 4. The van der Waals surface area contributed by atoms with Crippen LogP contribution in [0.2, 0.25) is 0 Å². The topological polar surface area (TPSA) is 63.2 Å². The Hall–Kier alpha value is -1.40. The van der Waals surface area contributed by atoms with Gasteiger partial charge in [-0.05, 0) is 58.0 Å². The van der Waals surface area contributed by atoms with Crippen LogP contribution < -0.4 is 10.6 Å². The molecule has 0 radical (unpaired) electrons. The molecule has 5 nitrogen and oxygen atoms in total. The Morgan fingerprint density at radius 2 is 1.93 bits per heavy atom. The van der Waals surface area contributed by atoms with Gasteiger partial charge in [0.25, 0.3) is 5.91 Å². The third kappa shape index (κ3) is 5.55. The molecule has 1 aromatic heterocycles. The van der Waals surface area contributed by atoms with E-state index < -0.39 is 0 Å². The van der Waals surface area contributed by atoms with Gasteiger partial charge in [0.2, 0.25) is 0 Å². The summed E-state index contributed by atoms with van der Waals surface area (Å²) in [7, 11) is 1.73. The highest BCUT2D eigenvalue weighted by Gasteiger charge is 2.32. The maximum absolute atomic E-state index is 12.8. The van der Waals surface area contributed by atoms with Gasteiger partial charge in [-0.3, -0.25) is 9.78 Å². The predicted molar refractivity (Wildman–Crippen MR) is 114 cm³/mol. The van der Waals surface area contributed by atoms with E-state index in [9.17, 15) is 4.79 Å². The number of piperidine rings is 1. The Morgan fingerprint density at radius 1 is 1.22 bits per heavy atom. The second-order valence-electron chi connectivity index (χ2n) is 7.18. The maximum Gasteiger partial charge on any atom is 0.253 e. The molecule has 3 rings (SSSR count). The van der Waals surface area contributed by atoms with Crippen molar-refractivity contribution >= 4 is 41.6 Å². The lowest BCUT2D eigenvalue weighted by atomic mass is 9.79. The fourth-order valence-corrected chi connectivity index (χ4v) is 3.62. The Bertz CT molecular complexity index is 772. The summed E-state index contributed by atoms with van der Waals surface area (Å²) in [5.74, 6) is -0.0533. The van der Waals surface area contributed by atoms with Gasteiger partial charge in [0.15, 0.2) is 0 Å². The van der Waals surface area contributed by atoms with Crippen molar-refractivity contribution < 1.29 is 9.53 Å². The molecule has 1 aliphatic rings. The molecule has 150 valence electrons. The average Bonchev–Trinajstić information content (AvgIpc) is 2.60. The molecule has 1 aliphatic heterocycles. The molecule has 0 saturated carbocycles. The van der Waals surface area contributed by atoms with Gasteiger partial charge in [-0.1, -0.05) is 11.6 Å². The molecule has 0 spiro atoms. The molecule has 1 aromatic carbocycles. The zero-order valence-corrected chi connectivity index (χ0v) is 17.8. The summed E-state index contributed by atoms with van der Waals surface area (Å²) in [6.45, 7) is 7.17. The van der Waals surface area contributed by atoms with E-state index in [4.69, 9.17) is 4.74 Å². The molecule has 2 N–H and O–H groups in total. The number of aryl methyl sites for hydroxylation is 2. The number of aromatic nitrogens is 1. The fraction of sp³-hybridized carbons (Fsp3) is 0.500. The van der Waals surface area contributed by atoms with E-state index in [1.165, 1.54) is 5.56 Å². The minimum absolute atomic E-state index is 0. The SMILES string of the molecule is COCC1(CNC(=O)c2cc3cc(C)ccc3nc2C)CCNCC1.Cl.Cl. The third-order valence-electron chi connectivity index (χ3n) is 5.14. The van der Waals surface area contributed by atoms with E-state index in [1.807, 2.05) is 32.0 Å². The molecule has 7 heteroatoms. The van der Waals surface area contributed by atoms with E-state index in [2.05, 4.69) is 21.7 Å². The van der Waals surface area contributed by atoms with Gasteiger partial charge in [0, 0.05) is 24.5 Å². The normalized spacial score (nSPS) is 15.5. The smallest absolute Gasteiger partial charge is 0.253 e. The molecule has 2 heterocycles. The summed E-state index contributed by atoms with van der Waals surface area (Å²) >= 11 is 0. The second-order valence-corrected chi connectivity index (χ2v) is 7.18. The zero-order valence-electron chi connectivity index (χ0n) is 16.1. The summed E-state index contributed by atoms with van der Waals surface area (Å²) in [5.41, 5.74) is 3.52. The zero-order chi connectivity index (χ0) is 17.9. The van der Waals surface area contributed by atoms with Crippen LogP contribution in [0.4, 0.5) is 0 Å². The van der Waals surface area contributed by atoms with Crippen molar-refractivity contribution in [1.29, 1.82) is 0 Å². The van der Waals surface area contributed by atoms with Gasteiger partial charge in [-0.2, -0.15) is 0 Å². The predicted octanol–water partition coefficient (Wildman–Crippen LogP) is 3.44. The minimum Gasteiger partial charge on any atom is -0.384 e. The van der Waals surface area contributed by atoms with Crippen molar-refractivity contribution in [3.8, 4) is 0 Å². The van der Waals surface area contributed by atoms with Crippen molar-refractivity contribution in [1.82, 2.24) is 15.6 Å². The van der Waals surface area contributed by atoms with Crippen molar-refractivity contribution in [3.05, 3.63) is 41.1 Å². The monoisotopic (exact) mass is 413 g/mol. The Balaban J connectivity index is 0.00000182. The standard InChI is InChI=1S/C20H27N3O2.2ClH/c1-14-4-5-18-16(10-14)11-17(15(2)23-18)19(24)22-12-20(13-25-3)6-8-21-9-7-20;;/h4-5,10-11,21H,6-9,12-13H2,1-3H3,(H,22,24);2*1H. The van der Waals surface area contributed by atoms with Gasteiger partial charge >= 0.3 is 0 Å². The first-order chi connectivity index (χ1) is 12.0. The molecule has 0 bridgehead atoms. The quantitative estimate of drug-likeness (QED) is 0.787. The minimum atomic E-state index is -0.0533. The van der Waals surface area contributed by atoms with Crippen LogP contribution in [0.3, 0.4) is 0 Å². The summed E-state index contributed by atoms with van der Waals surface area (Å²) in [6, 6.07) is 8.06. The Morgan fingerprint density at radius 3 is 2.59 bits per heavy atom. The first-order valence-corrected chi connectivity index (χ1v) is 8.89. The highest BCUT2D eigenvalue weighted by molar-refractivity contribution is 5.98. The van der Waals surface area contributed by atoms with Crippen LogP contribution in [0.15, 0.2) is 24.3 Å². The van der Waals surface area contributed by atoms with Crippen LogP contribution in [0.5, 0.6) is 0 Å². The lowest BCUT2D eigenvalue weighted by Gasteiger charge is -2.37. The largest absolute Gasteiger partial charge is 0.384 e. The molecule has 1 saturated heterocycles. The molecular formula is C20H29Cl2N3O2. The van der Waals surface area contributed by atoms with Crippen molar-refractivity contribution in [2.45, 2.75) is 26.7 Å². The number of benzene rings is 1.